The molecule has 0 saturated carbocycles. The molecular formula is C12H8Cl2N2O2. The number of nitrogens with two attached hydrogens (primary N) is 1. The van der Waals surface area contributed by atoms with E-state index < -0.39 is 4.92 Å². The van der Waals surface area contributed by atoms with Crippen LogP contribution in [0, 0.1) is 10.1 Å². The van der Waals surface area contributed by atoms with Gasteiger partial charge in [-0.1, -0.05) is 29.3 Å². The topological polar surface area (TPSA) is 69.2 Å². The third-order valence-electron chi connectivity index (χ3n) is 2.44. The molecule has 0 aliphatic carbocycles. The van der Waals surface area contributed by atoms with Gasteiger partial charge in [-0.25, -0.2) is 0 Å². The molecule has 0 heterocycles. The third kappa shape index (κ3) is 2.39. The summed E-state index contributed by atoms with van der Waals surface area (Å²) in [5.41, 5.74) is 6.94. The van der Waals surface area contributed by atoms with Gasteiger partial charge < -0.3 is 5.73 Å². The Balaban J connectivity index is 2.69. The lowest BCUT2D eigenvalue weighted by Crippen LogP contribution is -1.94. The maximum absolute atomic E-state index is 11.0. The van der Waals surface area contributed by atoms with Gasteiger partial charge in [-0.05, 0) is 24.3 Å². The maximum atomic E-state index is 11.0. The van der Waals surface area contributed by atoms with Gasteiger partial charge in [0.2, 0.25) is 0 Å². The molecule has 0 bridgehead atoms. The molecule has 2 aromatic rings. The molecule has 2 rings (SSSR count). The second-order valence-electron chi connectivity index (χ2n) is 3.66. The summed E-state index contributed by atoms with van der Waals surface area (Å²) < 4.78 is 0. The first-order chi connectivity index (χ1) is 8.49. The minimum absolute atomic E-state index is 0.0478. The first-order valence-corrected chi connectivity index (χ1v) is 5.74. The largest absolute Gasteiger partial charge is 0.399 e. The fourth-order valence-corrected chi connectivity index (χ4v) is 2.15. The van der Waals surface area contributed by atoms with Crippen LogP contribution in [-0.2, 0) is 0 Å². The summed E-state index contributed by atoms with van der Waals surface area (Å²) in [5, 5.41) is 11.8. The zero-order valence-corrected chi connectivity index (χ0v) is 10.6. The maximum Gasteiger partial charge on any atom is 0.277 e. The molecule has 0 spiro atoms. The van der Waals surface area contributed by atoms with Crippen molar-refractivity contribution in [3.63, 3.8) is 0 Å². The van der Waals surface area contributed by atoms with E-state index in [9.17, 15) is 10.1 Å². The monoisotopic (exact) mass is 282 g/mol. The lowest BCUT2D eigenvalue weighted by atomic mass is 10.0. The summed E-state index contributed by atoms with van der Waals surface area (Å²) in [6.45, 7) is 0. The summed E-state index contributed by atoms with van der Waals surface area (Å²) in [5.74, 6) is 0. The molecule has 0 aliphatic rings. The molecule has 18 heavy (non-hydrogen) atoms. The molecule has 92 valence electrons. The zero-order chi connectivity index (χ0) is 13.3. The van der Waals surface area contributed by atoms with E-state index in [1.807, 2.05) is 0 Å². The van der Waals surface area contributed by atoms with E-state index in [2.05, 4.69) is 0 Å². The van der Waals surface area contributed by atoms with Crippen molar-refractivity contribution >= 4 is 34.6 Å². The number of rotatable bonds is 2. The first-order valence-electron chi connectivity index (χ1n) is 4.98. The quantitative estimate of drug-likeness (QED) is 0.511. The van der Waals surface area contributed by atoms with Crippen molar-refractivity contribution in [1.82, 2.24) is 0 Å². The number of anilines is 1. The van der Waals surface area contributed by atoms with Crippen molar-refractivity contribution in [2.45, 2.75) is 0 Å². The van der Waals surface area contributed by atoms with E-state index in [1.54, 1.807) is 12.1 Å². The van der Waals surface area contributed by atoms with Crippen molar-refractivity contribution in [2.75, 3.05) is 5.73 Å². The average Bonchev–Trinajstić information content (AvgIpc) is 2.28. The Labute approximate surface area is 113 Å². The van der Waals surface area contributed by atoms with E-state index in [-0.39, 0.29) is 5.69 Å². The number of nitro groups is 1. The van der Waals surface area contributed by atoms with Crippen LogP contribution in [0.3, 0.4) is 0 Å². The molecule has 2 aromatic carbocycles. The van der Waals surface area contributed by atoms with Gasteiger partial charge in [-0.2, -0.15) is 0 Å². The van der Waals surface area contributed by atoms with Gasteiger partial charge in [0.1, 0.15) is 0 Å². The van der Waals surface area contributed by atoms with Gasteiger partial charge in [0.05, 0.1) is 15.5 Å². The van der Waals surface area contributed by atoms with Crippen LogP contribution >= 0.6 is 23.2 Å². The molecule has 0 aliphatic heterocycles. The highest BCUT2D eigenvalue weighted by Gasteiger charge is 2.17. The SMILES string of the molecule is Nc1ccc([N+](=O)[O-])c(-c2ccc(Cl)cc2Cl)c1. The number of hydrogen-bond acceptors (Lipinski definition) is 3. The second kappa shape index (κ2) is 4.84. The molecule has 0 amide bonds. The van der Waals surface area contributed by atoms with E-state index in [0.29, 0.717) is 26.9 Å². The van der Waals surface area contributed by atoms with Crippen LogP contribution in [0.4, 0.5) is 11.4 Å². The van der Waals surface area contributed by atoms with Gasteiger partial charge in [-0.15, -0.1) is 0 Å². The van der Waals surface area contributed by atoms with Crippen LogP contribution in [0.1, 0.15) is 0 Å². The number of benzene rings is 2. The average molecular weight is 283 g/mol. The second-order valence-corrected chi connectivity index (χ2v) is 4.50. The van der Waals surface area contributed by atoms with Gasteiger partial charge >= 0.3 is 0 Å². The Morgan fingerprint density at radius 2 is 1.78 bits per heavy atom. The Hall–Kier alpha value is -1.78. The predicted molar refractivity (Wildman–Crippen MR) is 73.0 cm³/mol. The molecule has 2 N–H and O–H groups in total. The standard InChI is InChI=1S/C12H8Cl2N2O2/c13-7-1-3-9(11(14)5-7)10-6-8(15)2-4-12(10)16(17)18/h1-6H,15H2. The van der Waals surface area contributed by atoms with Crippen LogP contribution in [0.25, 0.3) is 11.1 Å². The lowest BCUT2D eigenvalue weighted by Gasteiger charge is -2.07. The van der Waals surface area contributed by atoms with Crippen LogP contribution in [0.2, 0.25) is 10.0 Å². The van der Waals surface area contributed by atoms with Crippen LogP contribution in [-0.4, -0.2) is 4.92 Å². The molecule has 4 nitrogen and oxygen atoms in total. The van der Waals surface area contributed by atoms with E-state index >= 15 is 0 Å². The number of halogens is 2. The summed E-state index contributed by atoms with van der Waals surface area (Å²) in [4.78, 5) is 10.5. The van der Waals surface area contributed by atoms with Crippen LogP contribution in [0.5, 0.6) is 0 Å². The van der Waals surface area contributed by atoms with E-state index in [4.69, 9.17) is 28.9 Å². The number of hydrogen-bond donors (Lipinski definition) is 1. The lowest BCUT2D eigenvalue weighted by molar-refractivity contribution is -0.384. The normalized spacial score (nSPS) is 10.3. The van der Waals surface area contributed by atoms with Crippen molar-refractivity contribution < 1.29 is 4.92 Å². The summed E-state index contributed by atoms with van der Waals surface area (Å²) in [6.07, 6.45) is 0. The minimum atomic E-state index is -0.473. The van der Waals surface area contributed by atoms with Gasteiger partial charge in [-0.3, -0.25) is 10.1 Å². The van der Waals surface area contributed by atoms with Crippen molar-refractivity contribution in [3.05, 3.63) is 56.6 Å². The minimum Gasteiger partial charge on any atom is -0.399 e. The van der Waals surface area contributed by atoms with Gasteiger partial charge in [0.25, 0.3) is 5.69 Å². The Kier molecular flexibility index (Phi) is 3.41. The predicted octanol–water partition coefficient (Wildman–Crippen LogP) is 4.15. The molecule has 0 unspecified atom stereocenters. The van der Waals surface area contributed by atoms with Crippen LogP contribution < -0.4 is 5.73 Å². The fraction of sp³-hybridized carbons (Fsp3) is 0. The highest BCUT2D eigenvalue weighted by atomic mass is 35.5. The number of nitro benzene ring substituents is 1. The molecule has 0 atom stereocenters. The molecule has 0 radical (unpaired) electrons. The van der Waals surface area contributed by atoms with Crippen molar-refractivity contribution in [1.29, 1.82) is 0 Å². The molecule has 0 aromatic heterocycles. The summed E-state index contributed by atoms with van der Waals surface area (Å²) in [6, 6.07) is 9.14. The fourth-order valence-electron chi connectivity index (χ4n) is 1.64. The highest BCUT2D eigenvalue weighted by Crippen LogP contribution is 2.37. The summed E-state index contributed by atoms with van der Waals surface area (Å²) >= 11 is 11.8. The van der Waals surface area contributed by atoms with E-state index in [1.165, 1.54) is 24.3 Å². The summed E-state index contributed by atoms with van der Waals surface area (Å²) in [7, 11) is 0. The van der Waals surface area contributed by atoms with Crippen molar-refractivity contribution in [2.24, 2.45) is 0 Å². The number of nitrogens with zero attached hydrogens (tertiary/aromatic N) is 1. The molecule has 6 heteroatoms. The van der Waals surface area contributed by atoms with Crippen LogP contribution in [0.15, 0.2) is 36.4 Å². The third-order valence-corrected chi connectivity index (χ3v) is 2.99. The van der Waals surface area contributed by atoms with Crippen molar-refractivity contribution in [3.8, 4) is 11.1 Å². The Morgan fingerprint density at radius 3 is 2.39 bits per heavy atom. The zero-order valence-electron chi connectivity index (χ0n) is 9.06. The van der Waals surface area contributed by atoms with E-state index in [0.717, 1.165) is 0 Å². The number of nitrogen functional groups attached to an aromatic ring is 1. The van der Waals surface area contributed by atoms with Gasteiger partial charge in [0.15, 0.2) is 0 Å². The smallest absolute Gasteiger partial charge is 0.277 e. The molecule has 0 saturated heterocycles. The Morgan fingerprint density at radius 1 is 1.06 bits per heavy atom. The van der Waals surface area contributed by atoms with Gasteiger partial charge in [0, 0.05) is 22.3 Å². The first kappa shape index (κ1) is 12.7. The Bertz CT molecular complexity index is 629. The molecular weight excluding hydrogens is 275 g/mol. The highest BCUT2D eigenvalue weighted by molar-refractivity contribution is 6.36. The molecule has 0 fully saturated rings.